The van der Waals surface area contributed by atoms with Crippen molar-refractivity contribution in [2.45, 2.75) is 21.3 Å². The van der Waals surface area contributed by atoms with Gasteiger partial charge in [0.05, 0.1) is 0 Å². The SMILES string of the molecule is C.CC(C)C(=O)N1CCNCC1. The van der Waals surface area contributed by atoms with Gasteiger partial charge in [0.1, 0.15) is 0 Å². The number of hydrogen-bond acceptors (Lipinski definition) is 2. The fraction of sp³-hybridized carbons (Fsp3) is 0.889. The van der Waals surface area contributed by atoms with Crippen LogP contribution in [-0.4, -0.2) is 37.0 Å². The first kappa shape index (κ1) is 11.4. The molecule has 0 spiro atoms. The summed E-state index contributed by atoms with van der Waals surface area (Å²) >= 11 is 0. The molecule has 0 radical (unpaired) electrons. The minimum absolute atomic E-state index is 0. The van der Waals surface area contributed by atoms with Crippen molar-refractivity contribution in [3.8, 4) is 0 Å². The van der Waals surface area contributed by atoms with Crippen molar-refractivity contribution >= 4 is 5.91 Å². The van der Waals surface area contributed by atoms with Gasteiger partial charge in [-0.05, 0) is 0 Å². The molecule has 0 aliphatic carbocycles. The number of nitrogens with zero attached hydrogens (tertiary/aromatic N) is 1. The highest BCUT2D eigenvalue weighted by atomic mass is 16.2. The summed E-state index contributed by atoms with van der Waals surface area (Å²) in [7, 11) is 0. The minimum atomic E-state index is 0. The van der Waals surface area contributed by atoms with Gasteiger partial charge in [0, 0.05) is 32.1 Å². The predicted octanol–water partition coefficient (Wildman–Crippen LogP) is 0.710. The zero-order valence-electron chi connectivity index (χ0n) is 7.26. The second kappa shape index (κ2) is 5.14. The van der Waals surface area contributed by atoms with E-state index in [0.717, 1.165) is 26.2 Å². The zero-order chi connectivity index (χ0) is 8.27. The molecule has 3 nitrogen and oxygen atoms in total. The fourth-order valence-electron chi connectivity index (χ4n) is 1.25. The summed E-state index contributed by atoms with van der Waals surface area (Å²) in [6.45, 7) is 7.53. The number of rotatable bonds is 1. The maximum absolute atomic E-state index is 11.4. The molecule has 1 amide bonds. The van der Waals surface area contributed by atoms with Crippen LogP contribution >= 0.6 is 0 Å². The fourth-order valence-corrected chi connectivity index (χ4v) is 1.25. The van der Waals surface area contributed by atoms with E-state index in [-0.39, 0.29) is 19.3 Å². The van der Waals surface area contributed by atoms with Crippen LogP contribution in [0.4, 0.5) is 0 Å². The van der Waals surface area contributed by atoms with Crippen LogP contribution in [0.15, 0.2) is 0 Å². The topological polar surface area (TPSA) is 32.3 Å². The molecule has 72 valence electrons. The highest BCUT2D eigenvalue weighted by Crippen LogP contribution is 2.01. The Hall–Kier alpha value is -0.570. The van der Waals surface area contributed by atoms with Gasteiger partial charge in [-0.25, -0.2) is 0 Å². The zero-order valence-corrected chi connectivity index (χ0v) is 7.26. The second-order valence-corrected chi connectivity index (χ2v) is 3.23. The quantitative estimate of drug-likeness (QED) is 0.632. The number of amides is 1. The Bertz CT molecular complexity index is 139. The van der Waals surface area contributed by atoms with E-state index in [0.29, 0.717) is 0 Å². The smallest absolute Gasteiger partial charge is 0.225 e. The van der Waals surface area contributed by atoms with Gasteiger partial charge in [-0.1, -0.05) is 21.3 Å². The lowest BCUT2D eigenvalue weighted by atomic mass is 10.2. The Labute approximate surface area is 75.1 Å². The summed E-state index contributed by atoms with van der Waals surface area (Å²) in [6, 6.07) is 0. The lowest BCUT2D eigenvalue weighted by Gasteiger charge is -2.28. The average molecular weight is 172 g/mol. The van der Waals surface area contributed by atoms with Gasteiger partial charge in [-0.2, -0.15) is 0 Å². The molecule has 1 aliphatic rings. The molecular formula is C9H20N2O. The van der Waals surface area contributed by atoms with Crippen molar-refractivity contribution < 1.29 is 4.79 Å². The first-order chi connectivity index (χ1) is 5.22. The number of carbonyl (C=O) groups is 1. The van der Waals surface area contributed by atoms with Crippen LogP contribution in [0.25, 0.3) is 0 Å². The van der Waals surface area contributed by atoms with Gasteiger partial charge in [0.25, 0.3) is 0 Å². The van der Waals surface area contributed by atoms with E-state index in [1.165, 1.54) is 0 Å². The van der Waals surface area contributed by atoms with E-state index in [9.17, 15) is 4.79 Å². The molecule has 1 saturated heterocycles. The third-order valence-corrected chi connectivity index (χ3v) is 1.92. The van der Waals surface area contributed by atoms with Crippen LogP contribution in [0, 0.1) is 5.92 Å². The molecule has 0 bridgehead atoms. The van der Waals surface area contributed by atoms with E-state index in [1.807, 2.05) is 18.7 Å². The highest BCUT2D eigenvalue weighted by molar-refractivity contribution is 5.78. The van der Waals surface area contributed by atoms with Gasteiger partial charge in [0.15, 0.2) is 0 Å². The molecule has 3 heteroatoms. The summed E-state index contributed by atoms with van der Waals surface area (Å²) in [5.41, 5.74) is 0. The molecular weight excluding hydrogens is 152 g/mol. The summed E-state index contributed by atoms with van der Waals surface area (Å²) in [4.78, 5) is 13.3. The van der Waals surface area contributed by atoms with Crippen molar-refractivity contribution in [1.82, 2.24) is 10.2 Å². The van der Waals surface area contributed by atoms with E-state index < -0.39 is 0 Å². The van der Waals surface area contributed by atoms with Crippen molar-refractivity contribution in [3.63, 3.8) is 0 Å². The summed E-state index contributed by atoms with van der Waals surface area (Å²) in [5, 5.41) is 3.21. The van der Waals surface area contributed by atoms with Crippen molar-refractivity contribution in [3.05, 3.63) is 0 Å². The highest BCUT2D eigenvalue weighted by Gasteiger charge is 2.17. The molecule has 1 rings (SSSR count). The van der Waals surface area contributed by atoms with Crippen molar-refractivity contribution in [2.24, 2.45) is 5.92 Å². The maximum Gasteiger partial charge on any atom is 0.225 e. The Morgan fingerprint density at radius 3 is 2.25 bits per heavy atom. The third-order valence-electron chi connectivity index (χ3n) is 1.92. The van der Waals surface area contributed by atoms with Crippen LogP contribution in [0.1, 0.15) is 21.3 Å². The molecule has 0 unspecified atom stereocenters. The lowest BCUT2D eigenvalue weighted by Crippen LogP contribution is -2.47. The Kier molecular flexibility index (Phi) is 4.90. The molecule has 12 heavy (non-hydrogen) atoms. The lowest BCUT2D eigenvalue weighted by molar-refractivity contribution is -0.134. The van der Waals surface area contributed by atoms with Crippen LogP contribution in [0.5, 0.6) is 0 Å². The summed E-state index contributed by atoms with van der Waals surface area (Å²) < 4.78 is 0. The predicted molar refractivity (Wildman–Crippen MR) is 51.0 cm³/mol. The Morgan fingerprint density at radius 2 is 1.83 bits per heavy atom. The Balaban J connectivity index is 0.00000121. The molecule has 0 atom stereocenters. The van der Waals surface area contributed by atoms with E-state index in [4.69, 9.17) is 0 Å². The molecule has 0 aromatic rings. The summed E-state index contributed by atoms with van der Waals surface area (Å²) in [6.07, 6.45) is 0. The maximum atomic E-state index is 11.4. The van der Waals surface area contributed by atoms with Gasteiger partial charge >= 0.3 is 0 Å². The van der Waals surface area contributed by atoms with E-state index >= 15 is 0 Å². The molecule has 0 aromatic heterocycles. The normalized spacial score (nSPS) is 17.4. The van der Waals surface area contributed by atoms with Crippen LogP contribution in [0.2, 0.25) is 0 Å². The molecule has 0 saturated carbocycles. The Morgan fingerprint density at radius 1 is 1.33 bits per heavy atom. The van der Waals surface area contributed by atoms with Crippen LogP contribution in [0.3, 0.4) is 0 Å². The van der Waals surface area contributed by atoms with Gasteiger partial charge in [-0.3, -0.25) is 4.79 Å². The van der Waals surface area contributed by atoms with Crippen molar-refractivity contribution in [1.29, 1.82) is 0 Å². The van der Waals surface area contributed by atoms with Crippen molar-refractivity contribution in [2.75, 3.05) is 26.2 Å². The molecule has 0 aromatic carbocycles. The summed E-state index contributed by atoms with van der Waals surface area (Å²) in [5.74, 6) is 0.430. The second-order valence-electron chi connectivity index (χ2n) is 3.23. The molecule has 1 N–H and O–H groups in total. The van der Waals surface area contributed by atoms with Crippen LogP contribution < -0.4 is 5.32 Å². The van der Waals surface area contributed by atoms with Gasteiger partial charge in [-0.15, -0.1) is 0 Å². The van der Waals surface area contributed by atoms with Crippen LogP contribution in [-0.2, 0) is 4.79 Å². The van der Waals surface area contributed by atoms with E-state index in [2.05, 4.69) is 5.32 Å². The van der Waals surface area contributed by atoms with E-state index in [1.54, 1.807) is 0 Å². The number of carbonyl (C=O) groups excluding carboxylic acids is 1. The first-order valence-electron chi connectivity index (χ1n) is 4.21. The molecule has 1 fully saturated rings. The number of piperazine rings is 1. The molecule has 1 aliphatic heterocycles. The average Bonchev–Trinajstić information content (AvgIpc) is 2.05. The molecule has 1 heterocycles. The standard InChI is InChI=1S/C8H16N2O.CH4/c1-7(2)8(11)10-5-3-9-4-6-10;/h7,9H,3-6H2,1-2H3;1H4. The first-order valence-corrected chi connectivity index (χ1v) is 4.21. The largest absolute Gasteiger partial charge is 0.340 e. The van der Waals surface area contributed by atoms with Gasteiger partial charge < -0.3 is 10.2 Å². The number of hydrogen-bond donors (Lipinski definition) is 1. The monoisotopic (exact) mass is 172 g/mol. The minimum Gasteiger partial charge on any atom is -0.340 e. The number of nitrogens with one attached hydrogen (secondary N) is 1. The third kappa shape index (κ3) is 2.81. The van der Waals surface area contributed by atoms with Gasteiger partial charge in [0.2, 0.25) is 5.91 Å².